The van der Waals surface area contributed by atoms with Crippen molar-refractivity contribution in [1.29, 1.82) is 0 Å². The van der Waals surface area contributed by atoms with Gasteiger partial charge >= 0.3 is 0 Å². The second kappa shape index (κ2) is 5.63. The van der Waals surface area contributed by atoms with Crippen molar-refractivity contribution in [3.05, 3.63) is 5.82 Å². The Morgan fingerprint density at radius 2 is 1.94 bits per heavy atom. The van der Waals surface area contributed by atoms with Gasteiger partial charge < -0.3 is 10.6 Å². The maximum absolute atomic E-state index is 5.64. The molecular formula is C11H21N5. The van der Waals surface area contributed by atoms with Gasteiger partial charge in [0.05, 0.1) is 0 Å². The van der Waals surface area contributed by atoms with Gasteiger partial charge in [-0.15, -0.1) is 0 Å². The van der Waals surface area contributed by atoms with Crippen LogP contribution in [0.15, 0.2) is 0 Å². The minimum Gasteiger partial charge on any atom is -0.368 e. The number of aromatic nitrogens is 3. The average Bonchev–Trinajstić information content (AvgIpc) is 2.16. The fourth-order valence-corrected chi connectivity index (χ4v) is 1.53. The van der Waals surface area contributed by atoms with E-state index in [0.29, 0.717) is 23.8 Å². The number of hydrogen-bond acceptors (Lipinski definition) is 5. The molecule has 90 valence electrons. The summed E-state index contributed by atoms with van der Waals surface area (Å²) in [6, 6.07) is 0.368. The van der Waals surface area contributed by atoms with Gasteiger partial charge in [-0.2, -0.15) is 15.0 Å². The van der Waals surface area contributed by atoms with Crippen molar-refractivity contribution in [3.63, 3.8) is 0 Å². The highest BCUT2D eigenvalue weighted by atomic mass is 15.3. The number of aryl methyl sites for hydroxylation is 1. The topological polar surface area (TPSA) is 67.9 Å². The van der Waals surface area contributed by atoms with Crippen LogP contribution >= 0.6 is 0 Å². The lowest BCUT2D eigenvalue weighted by molar-refractivity contribution is 0.627. The molecule has 5 heteroatoms. The minimum atomic E-state index is 0.296. The molecule has 0 fully saturated rings. The molecule has 0 aliphatic rings. The molecule has 0 spiro atoms. The van der Waals surface area contributed by atoms with Crippen molar-refractivity contribution in [1.82, 2.24) is 15.0 Å². The normalized spacial score (nSPS) is 10.8. The molecule has 1 aromatic rings. The lowest BCUT2D eigenvalue weighted by Gasteiger charge is -2.26. The number of hydrogen-bond donors (Lipinski definition) is 1. The standard InChI is InChI=1S/C11H21N5/c1-5-6-7-16(8(2)3)11-14-9(4)13-10(12)15-11/h8H,5-7H2,1-4H3,(H2,12,13,14,15). The number of nitrogens with zero attached hydrogens (tertiary/aromatic N) is 4. The van der Waals surface area contributed by atoms with Gasteiger partial charge in [0.1, 0.15) is 5.82 Å². The van der Waals surface area contributed by atoms with Gasteiger partial charge in [0.15, 0.2) is 0 Å². The van der Waals surface area contributed by atoms with Crippen LogP contribution in [0.2, 0.25) is 0 Å². The highest BCUT2D eigenvalue weighted by Gasteiger charge is 2.14. The van der Waals surface area contributed by atoms with E-state index in [0.717, 1.165) is 19.4 Å². The summed E-state index contributed by atoms with van der Waals surface area (Å²) in [4.78, 5) is 14.7. The molecule has 0 atom stereocenters. The fourth-order valence-electron chi connectivity index (χ4n) is 1.53. The maximum Gasteiger partial charge on any atom is 0.230 e. The smallest absolute Gasteiger partial charge is 0.230 e. The van der Waals surface area contributed by atoms with Gasteiger partial charge in [-0.3, -0.25) is 0 Å². The van der Waals surface area contributed by atoms with E-state index < -0.39 is 0 Å². The van der Waals surface area contributed by atoms with E-state index in [1.54, 1.807) is 0 Å². The molecule has 0 aliphatic carbocycles. The van der Waals surface area contributed by atoms with Crippen LogP contribution in [0.1, 0.15) is 39.4 Å². The van der Waals surface area contributed by atoms with Crippen molar-refractivity contribution in [2.75, 3.05) is 17.2 Å². The largest absolute Gasteiger partial charge is 0.368 e. The van der Waals surface area contributed by atoms with Gasteiger partial charge in [-0.1, -0.05) is 13.3 Å². The summed E-state index contributed by atoms with van der Waals surface area (Å²) in [5.74, 6) is 1.66. The van der Waals surface area contributed by atoms with Crippen LogP contribution in [0.3, 0.4) is 0 Å². The third kappa shape index (κ3) is 3.32. The highest BCUT2D eigenvalue weighted by Crippen LogP contribution is 2.13. The molecule has 0 amide bonds. The van der Waals surface area contributed by atoms with Crippen LogP contribution in [-0.4, -0.2) is 27.5 Å². The molecule has 2 N–H and O–H groups in total. The lowest BCUT2D eigenvalue weighted by atomic mass is 10.2. The Kier molecular flexibility index (Phi) is 4.46. The Morgan fingerprint density at radius 1 is 1.25 bits per heavy atom. The molecule has 0 aromatic carbocycles. The summed E-state index contributed by atoms with van der Waals surface area (Å²) in [5, 5.41) is 0. The Balaban J connectivity index is 2.91. The second-order valence-corrected chi connectivity index (χ2v) is 4.18. The predicted octanol–water partition coefficient (Wildman–Crippen LogP) is 1.78. The third-order valence-corrected chi connectivity index (χ3v) is 2.39. The van der Waals surface area contributed by atoms with Crippen LogP contribution in [0.25, 0.3) is 0 Å². The first-order chi connectivity index (χ1) is 7.54. The molecule has 0 bridgehead atoms. The third-order valence-electron chi connectivity index (χ3n) is 2.39. The van der Waals surface area contributed by atoms with Crippen molar-refractivity contribution in [2.24, 2.45) is 0 Å². The monoisotopic (exact) mass is 223 g/mol. The van der Waals surface area contributed by atoms with Crippen molar-refractivity contribution in [3.8, 4) is 0 Å². The number of anilines is 2. The average molecular weight is 223 g/mol. The number of unbranched alkanes of at least 4 members (excludes halogenated alkanes) is 1. The molecule has 1 aromatic heterocycles. The first-order valence-corrected chi connectivity index (χ1v) is 5.79. The van der Waals surface area contributed by atoms with E-state index in [9.17, 15) is 0 Å². The van der Waals surface area contributed by atoms with Gasteiger partial charge in [0.2, 0.25) is 11.9 Å². The SMILES string of the molecule is CCCCN(c1nc(C)nc(N)n1)C(C)C. The quantitative estimate of drug-likeness (QED) is 0.824. The molecule has 16 heavy (non-hydrogen) atoms. The molecule has 1 heterocycles. The lowest BCUT2D eigenvalue weighted by Crippen LogP contribution is -2.33. The van der Waals surface area contributed by atoms with E-state index in [-0.39, 0.29) is 0 Å². The molecular weight excluding hydrogens is 202 g/mol. The Hall–Kier alpha value is -1.39. The van der Waals surface area contributed by atoms with Crippen LogP contribution < -0.4 is 10.6 Å². The van der Waals surface area contributed by atoms with Gasteiger partial charge in [0, 0.05) is 12.6 Å². The molecule has 0 saturated carbocycles. The second-order valence-electron chi connectivity index (χ2n) is 4.18. The molecule has 5 nitrogen and oxygen atoms in total. The molecule has 0 saturated heterocycles. The Labute approximate surface area is 97.1 Å². The molecule has 0 radical (unpaired) electrons. The number of rotatable bonds is 5. The minimum absolute atomic E-state index is 0.296. The van der Waals surface area contributed by atoms with E-state index in [1.165, 1.54) is 0 Å². The summed E-state index contributed by atoms with van der Waals surface area (Å²) in [6.45, 7) is 9.22. The predicted molar refractivity (Wildman–Crippen MR) is 66.4 cm³/mol. The zero-order chi connectivity index (χ0) is 12.1. The van der Waals surface area contributed by atoms with E-state index in [4.69, 9.17) is 5.73 Å². The fraction of sp³-hybridized carbons (Fsp3) is 0.727. The Bertz CT molecular complexity index is 317. The van der Waals surface area contributed by atoms with Crippen molar-refractivity contribution >= 4 is 11.9 Å². The van der Waals surface area contributed by atoms with Gasteiger partial charge in [-0.05, 0) is 27.2 Å². The van der Waals surface area contributed by atoms with E-state index >= 15 is 0 Å². The van der Waals surface area contributed by atoms with Crippen LogP contribution in [0, 0.1) is 6.92 Å². The van der Waals surface area contributed by atoms with E-state index in [1.807, 2.05) is 6.92 Å². The van der Waals surface area contributed by atoms with Crippen molar-refractivity contribution in [2.45, 2.75) is 46.6 Å². The van der Waals surface area contributed by atoms with Crippen LogP contribution in [-0.2, 0) is 0 Å². The Morgan fingerprint density at radius 3 is 2.44 bits per heavy atom. The summed E-state index contributed by atoms with van der Waals surface area (Å²) >= 11 is 0. The maximum atomic E-state index is 5.64. The molecule has 0 unspecified atom stereocenters. The van der Waals surface area contributed by atoms with E-state index in [2.05, 4.69) is 40.6 Å². The summed E-state index contributed by atoms with van der Waals surface area (Å²) in [7, 11) is 0. The first-order valence-electron chi connectivity index (χ1n) is 5.79. The first kappa shape index (κ1) is 12.7. The zero-order valence-corrected chi connectivity index (χ0v) is 10.6. The van der Waals surface area contributed by atoms with Crippen LogP contribution in [0.5, 0.6) is 0 Å². The van der Waals surface area contributed by atoms with Crippen LogP contribution in [0.4, 0.5) is 11.9 Å². The summed E-state index contributed by atoms with van der Waals surface area (Å²) < 4.78 is 0. The number of nitrogens with two attached hydrogens (primary N) is 1. The van der Waals surface area contributed by atoms with Gasteiger partial charge in [0.25, 0.3) is 0 Å². The summed E-state index contributed by atoms with van der Waals surface area (Å²) in [5.41, 5.74) is 5.64. The zero-order valence-electron chi connectivity index (χ0n) is 10.6. The number of nitrogen functional groups attached to an aromatic ring is 1. The highest BCUT2D eigenvalue weighted by molar-refractivity contribution is 5.35. The molecule has 0 aliphatic heterocycles. The molecule has 1 rings (SSSR count). The summed E-state index contributed by atoms with van der Waals surface area (Å²) in [6.07, 6.45) is 2.28. The van der Waals surface area contributed by atoms with Crippen molar-refractivity contribution < 1.29 is 0 Å². The van der Waals surface area contributed by atoms with Gasteiger partial charge in [-0.25, -0.2) is 0 Å².